The average molecular weight is 342 g/mol. The van der Waals surface area contributed by atoms with Crippen LogP contribution in [0.2, 0.25) is 0 Å². The molecular formula is C21H30N2O2. The van der Waals surface area contributed by atoms with Crippen molar-refractivity contribution >= 4 is 11.8 Å². The van der Waals surface area contributed by atoms with Crippen molar-refractivity contribution < 1.29 is 9.59 Å². The van der Waals surface area contributed by atoms with Gasteiger partial charge in [0, 0.05) is 31.5 Å². The van der Waals surface area contributed by atoms with Crippen LogP contribution in [0.3, 0.4) is 0 Å². The summed E-state index contributed by atoms with van der Waals surface area (Å²) in [6, 6.07) is 8.26. The van der Waals surface area contributed by atoms with Gasteiger partial charge in [-0.05, 0) is 43.2 Å². The van der Waals surface area contributed by atoms with E-state index >= 15 is 0 Å². The largest absolute Gasteiger partial charge is 0.356 e. The van der Waals surface area contributed by atoms with Crippen molar-refractivity contribution in [3.63, 3.8) is 0 Å². The van der Waals surface area contributed by atoms with Crippen molar-refractivity contribution in [2.24, 2.45) is 17.8 Å². The fourth-order valence-electron chi connectivity index (χ4n) is 3.77. The summed E-state index contributed by atoms with van der Waals surface area (Å²) < 4.78 is 0. The monoisotopic (exact) mass is 342 g/mol. The molecule has 1 aromatic carbocycles. The standard InChI is InChI=1S/C21H30N2O2/c1-14(2)10-11-22-20(24)19-13-23(21(25)16-8-9-16)12-18(19)17-7-5-4-6-15(17)3/h4-7,14,16,18-19H,8-13H2,1-3H3,(H,22,24). The van der Waals surface area contributed by atoms with Crippen molar-refractivity contribution in [1.29, 1.82) is 0 Å². The Morgan fingerprint density at radius 2 is 1.92 bits per heavy atom. The lowest BCUT2D eigenvalue weighted by atomic mass is 9.86. The van der Waals surface area contributed by atoms with Gasteiger partial charge in [0.25, 0.3) is 0 Å². The highest BCUT2D eigenvalue weighted by atomic mass is 16.2. The number of likely N-dealkylation sites (tertiary alicyclic amines) is 1. The van der Waals surface area contributed by atoms with Gasteiger partial charge in [-0.3, -0.25) is 9.59 Å². The Labute approximate surface area is 151 Å². The first-order chi connectivity index (χ1) is 12.0. The van der Waals surface area contributed by atoms with E-state index in [9.17, 15) is 9.59 Å². The van der Waals surface area contributed by atoms with Crippen molar-refractivity contribution in [3.8, 4) is 0 Å². The highest BCUT2D eigenvalue weighted by Gasteiger charge is 2.44. The molecule has 3 rings (SSSR count). The Bertz CT molecular complexity index is 637. The number of amides is 2. The maximum Gasteiger partial charge on any atom is 0.225 e. The zero-order valence-electron chi connectivity index (χ0n) is 15.6. The van der Waals surface area contributed by atoms with Crippen molar-refractivity contribution in [3.05, 3.63) is 35.4 Å². The third-order valence-electron chi connectivity index (χ3n) is 5.50. The van der Waals surface area contributed by atoms with Crippen LogP contribution in [0, 0.1) is 24.7 Å². The molecule has 2 aliphatic rings. The predicted octanol–water partition coefficient (Wildman–Crippen LogP) is 3.11. The summed E-state index contributed by atoms with van der Waals surface area (Å²) in [5.41, 5.74) is 2.41. The van der Waals surface area contributed by atoms with Crippen LogP contribution in [-0.4, -0.2) is 36.3 Å². The molecule has 1 aromatic rings. The van der Waals surface area contributed by atoms with E-state index in [-0.39, 0.29) is 29.6 Å². The van der Waals surface area contributed by atoms with Crippen LogP contribution in [-0.2, 0) is 9.59 Å². The number of hydrogen-bond acceptors (Lipinski definition) is 2. The highest BCUT2D eigenvalue weighted by Crippen LogP contribution is 2.38. The normalized spacial score (nSPS) is 23.1. The van der Waals surface area contributed by atoms with Gasteiger partial charge in [0.1, 0.15) is 0 Å². The van der Waals surface area contributed by atoms with Crippen LogP contribution in [0.4, 0.5) is 0 Å². The van der Waals surface area contributed by atoms with Gasteiger partial charge in [-0.1, -0.05) is 38.1 Å². The van der Waals surface area contributed by atoms with E-state index in [1.807, 2.05) is 17.0 Å². The first-order valence-corrected chi connectivity index (χ1v) is 9.59. The molecule has 1 aliphatic heterocycles. The van der Waals surface area contributed by atoms with E-state index < -0.39 is 0 Å². The second-order valence-corrected chi connectivity index (χ2v) is 8.06. The van der Waals surface area contributed by atoms with Crippen molar-refractivity contribution in [1.82, 2.24) is 10.2 Å². The molecule has 2 fully saturated rings. The van der Waals surface area contributed by atoms with E-state index in [0.29, 0.717) is 25.6 Å². The molecule has 25 heavy (non-hydrogen) atoms. The summed E-state index contributed by atoms with van der Waals surface area (Å²) in [6.45, 7) is 8.35. The summed E-state index contributed by atoms with van der Waals surface area (Å²) in [5.74, 6) is 1.08. The summed E-state index contributed by atoms with van der Waals surface area (Å²) in [5, 5.41) is 3.10. The van der Waals surface area contributed by atoms with Gasteiger partial charge < -0.3 is 10.2 Å². The molecular weight excluding hydrogens is 312 g/mol. The topological polar surface area (TPSA) is 49.4 Å². The summed E-state index contributed by atoms with van der Waals surface area (Å²) in [7, 11) is 0. The van der Waals surface area contributed by atoms with E-state index in [0.717, 1.165) is 19.3 Å². The lowest BCUT2D eigenvalue weighted by Crippen LogP contribution is -2.36. The summed E-state index contributed by atoms with van der Waals surface area (Å²) >= 11 is 0. The van der Waals surface area contributed by atoms with Gasteiger partial charge in [-0.2, -0.15) is 0 Å². The second-order valence-electron chi connectivity index (χ2n) is 8.06. The van der Waals surface area contributed by atoms with E-state index in [1.165, 1.54) is 11.1 Å². The first-order valence-electron chi connectivity index (χ1n) is 9.59. The highest BCUT2D eigenvalue weighted by molar-refractivity contribution is 5.85. The molecule has 0 bridgehead atoms. The Hall–Kier alpha value is -1.84. The van der Waals surface area contributed by atoms with E-state index in [4.69, 9.17) is 0 Å². The maximum atomic E-state index is 12.8. The maximum absolute atomic E-state index is 12.8. The molecule has 0 aromatic heterocycles. The molecule has 0 spiro atoms. The van der Waals surface area contributed by atoms with Crippen LogP contribution >= 0.6 is 0 Å². The van der Waals surface area contributed by atoms with Crippen LogP contribution < -0.4 is 5.32 Å². The lowest BCUT2D eigenvalue weighted by molar-refractivity contribution is -0.132. The quantitative estimate of drug-likeness (QED) is 0.863. The number of hydrogen-bond donors (Lipinski definition) is 1. The summed E-state index contributed by atoms with van der Waals surface area (Å²) in [6.07, 6.45) is 3.00. The number of nitrogens with one attached hydrogen (secondary N) is 1. The Morgan fingerprint density at radius 3 is 2.56 bits per heavy atom. The molecule has 0 radical (unpaired) electrons. The Morgan fingerprint density at radius 1 is 1.20 bits per heavy atom. The van der Waals surface area contributed by atoms with Crippen molar-refractivity contribution in [2.75, 3.05) is 19.6 Å². The average Bonchev–Trinajstić information content (AvgIpc) is 3.33. The van der Waals surface area contributed by atoms with Gasteiger partial charge in [-0.15, -0.1) is 0 Å². The predicted molar refractivity (Wildman–Crippen MR) is 99.2 cm³/mol. The number of nitrogens with zero attached hydrogens (tertiary/aromatic N) is 1. The third-order valence-corrected chi connectivity index (χ3v) is 5.50. The first kappa shape index (κ1) is 18.0. The minimum Gasteiger partial charge on any atom is -0.356 e. The van der Waals surface area contributed by atoms with Gasteiger partial charge in [0.2, 0.25) is 11.8 Å². The van der Waals surface area contributed by atoms with Gasteiger partial charge in [0.15, 0.2) is 0 Å². The Kier molecular flexibility index (Phi) is 5.45. The van der Waals surface area contributed by atoms with Crippen LogP contribution in [0.1, 0.15) is 50.2 Å². The number of rotatable bonds is 6. The van der Waals surface area contributed by atoms with Gasteiger partial charge >= 0.3 is 0 Å². The van der Waals surface area contributed by atoms with Gasteiger partial charge in [0.05, 0.1) is 5.92 Å². The molecule has 2 unspecified atom stereocenters. The molecule has 4 nitrogen and oxygen atoms in total. The van der Waals surface area contributed by atoms with Crippen LogP contribution in [0.5, 0.6) is 0 Å². The molecule has 136 valence electrons. The third kappa shape index (κ3) is 4.23. The minimum atomic E-state index is -0.143. The number of carbonyl (C=O) groups is 2. The van der Waals surface area contributed by atoms with Crippen LogP contribution in [0.15, 0.2) is 24.3 Å². The van der Waals surface area contributed by atoms with Crippen LogP contribution in [0.25, 0.3) is 0 Å². The SMILES string of the molecule is Cc1ccccc1C1CN(C(=O)C2CC2)CC1C(=O)NCCC(C)C. The smallest absolute Gasteiger partial charge is 0.225 e. The molecule has 1 aliphatic carbocycles. The lowest BCUT2D eigenvalue weighted by Gasteiger charge is -2.20. The van der Waals surface area contributed by atoms with Crippen molar-refractivity contribution in [2.45, 2.75) is 46.0 Å². The molecule has 2 atom stereocenters. The number of aryl methyl sites for hydroxylation is 1. The number of carbonyl (C=O) groups excluding carboxylic acids is 2. The minimum absolute atomic E-state index is 0.0972. The molecule has 2 amide bonds. The molecule has 1 saturated heterocycles. The molecule has 4 heteroatoms. The molecule has 1 saturated carbocycles. The zero-order valence-corrected chi connectivity index (χ0v) is 15.6. The van der Waals surface area contributed by atoms with E-state index in [1.54, 1.807) is 0 Å². The second kappa shape index (κ2) is 7.59. The molecule has 1 N–H and O–H groups in total. The fourth-order valence-corrected chi connectivity index (χ4v) is 3.77. The van der Waals surface area contributed by atoms with Gasteiger partial charge in [-0.25, -0.2) is 0 Å². The molecule has 1 heterocycles. The number of benzene rings is 1. The Balaban J connectivity index is 1.75. The fraction of sp³-hybridized carbons (Fsp3) is 0.619. The van der Waals surface area contributed by atoms with E-state index in [2.05, 4.69) is 38.2 Å². The summed E-state index contributed by atoms with van der Waals surface area (Å²) in [4.78, 5) is 27.3. The zero-order chi connectivity index (χ0) is 18.0.